The quantitative estimate of drug-likeness (QED) is 0.448. The lowest BCUT2D eigenvalue weighted by Gasteiger charge is -2.28. The summed E-state index contributed by atoms with van der Waals surface area (Å²) in [5.41, 5.74) is 3.26. The number of benzene rings is 3. The molecule has 1 atom stereocenters. The minimum absolute atomic E-state index is 0.169. The summed E-state index contributed by atoms with van der Waals surface area (Å²) in [6.45, 7) is 0. The van der Waals surface area contributed by atoms with Crippen LogP contribution in [0.3, 0.4) is 0 Å². The monoisotopic (exact) mass is 477 g/mol. The number of carbonyl (C=O) groups is 4. The van der Waals surface area contributed by atoms with Gasteiger partial charge in [0.1, 0.15) is 11.8 Å². The summed E-state index contributed by atoms with van der Waals surface area (Å²) in [5, 5.41) is 1.37. The smallest absolute Gasteiger partial charge is 0.273 e. The molecule has 3 aromatic carbocycles. The Morgan fingerprint density at radius 2 is 1.62 bits per heavy atom. The first kappa shape index (κ1) is 23.0. The number of halogens is 1. The van der Waals surface area contributed by atoms with Gasteiger partial charge in [-0.25, -0.2) is 9.91 Å². The number of amides is 4. The zero-order valence-corrected chi connectivity index (χ0v) is 18.9. The summed E-state index contributed by atoms with van der Waals surface area (Å²) in [6, 6.07) is 19.6. The second-order valence-electron chi connectivity index (χ2n) is 7.45. The minimum atomic E-state index is -1.24. The predicted molar refractivity (Wildman–Crippen MR) is 125 cm³/mol. The highest BCUT2D eigenvalue weighted by Gasteiger charge is 2.45. The van der Waals surface area contributed by atoms with Crippen LogP contribution in [0.5, 0.6) is 5.75 Å². The van der Waals surface area contributed by atoms with Crippen molar-refractivity contribution in [2.24, 2.45) is 0 Å². The summed E-state index contributed by atoms with van der Waals surface area (Å²) >= 11 is 5.92. The minimum Gasteiger partial charge on any atom is -0.496 e. The Morgan fingerprint density at radius 1 is 0.971 bits per heavy atom. The molecule has 0 spiro atoms. The second-order valence-corrected chi connectivity index (χ2v) is 7.88. The fraction of sp³-hybridized carbons (Fsp3) is 0.120. The molecule has 8 nitrogen and oxygen atoms in total. The summed E-state index contributed by atoms with van der Waals surface area (Å²) in [6.07, 6.45) is -0.299. The van der Waals surface area contributed by atoms with Gasteiger partial charge in [0.2, 0.25) is 5.91 Å². The predicted octanol–water partition coefficient (Wildman–Crippen LogP) is 3.47. The number of ether oxygens (including phenoxy) is 1. The van der Waals surface area contributed by atoms with Gasteiger partial charge in [-0.2, -0.15) is 0 Å². The van der Waals surface area contributed by atoms with Crippen LogP contribution in [0, 0.1) is 0 Å². The van der Waals surface area contributed by atoms with Gasteiger partial charge in [0, 0.05) is 10.6 Å². The number of rotatable bonds is 5. The van der Waals surface area contributed by atoms with Crippen LogP contribution >= 0.6 is 11.6 Å². The lowest BCUT2D eigenvalue weighted by Crippen LogP contribution is -2.54. The fourth-order valence-corrected chi connectivity index (χ4v) is 3.80. The molecule has 4 amide bonds. The van der Waals surface area contributed by atoms with Crippen LogP contribution in [0.4, 0.5) is 5.69 Å². The highest BCUT2D eigenvalue weighted by Crippen LogP contribution is 2.27. The van der Waals surface area contributed by atoms with Gasteiger partial charge in [0.05, 0.1) is 24.8 Å². The van der Waals surface area contributed by atoms with Crippen molar-refractivity contribution in [2.45, 2.75) is 12.5 Å². The number of hydrazine groups is 1. The molecule has 1 saturated heterocycles. The molecule has 0 aliphatic carbocycles. The number of hydrogen-bond acceptors (Lipinski definition) is 5. The first-order valence-electron chi connectivity index (χ1n) is 10.4. The standard InChI is InChI=1S/C25H20ClN3O5/c1-34-21-10-6-5-9-19(21)23(31)27-29(24(32)16-7-3-2-4-8-16)20-15-22(30)28(25(20)33)18-13-11-17(26)12-14-18/h2-14,20H,15H2,1H3,(H,27,31). The molecule has 9 heteroatoms. The van der Waals surface area contributed by atoms with Gasteiger partial charge in [-0.15, -0.1) is 0 Å². The van der Waals surface area contributed by atoms with Gasteiger partial charge >= 0.3 is 0 Å². The molecule has 4 rings (SSSR count). The number of nitrogens with zero attached hydrogens (tertiary/aromatic N) is 2. The van der Waals surface area contributed by atoms with E-state index in [0.29, 0.717) is 16.5 Å². The Labute approximate surface area is 200 Å². The highest BCUT2D eigenvalue weighted by atomic mass is 35.5. The number of nitrogens with one attached hydrogen (secondary N) is 1. The normalized spacial score (nSPS) is 15.2. The number of carbonyl (C=O) groups excluding carboxylic acids is 4. The van der Waals surface area contributed by atoms with E-state index < -0.39 is 29.7 Å². The van der Waals surface area contributed by atoms with Crippen molar-refractivity contribution < 1.29 is 23.9 Å². The van der Waals surface area contributed by atoms with E-state index in [0.717, 1.165) is 9.91 Å². The molecule has 1 heterocycles. The van der Waals surface area contributed by atoms with Crippen molar-refractivity contribution in [1.29, 1.82) is 0 Å². The van der Waals surface area contributed by atoms with Crippen LogP contribution in [-0.4, -0.2) is 41.8 Å². The van der Waals surface area contributed by atoms with E-state index in [9.17, 15) is 19.2 Å². The molecular weight excluding hydrogens is 458 g/mol. The highest BCUT2D eigenvalue weighted by molar-refractivity contribution is 6.31. The second kappa shape index (κ2) is 9.76. The largest absolute Gasteiger partial charge is 0.496 e. The SMILES string of the molecule is COc1ccccc1C(=O)NN(C(=O)c1ccccc1)C1CC(=O)N(c2ccc(Cl)cc2)C1=O. The zero-order chi connectivity index (χ0) is 24.2. The Morgan fingerprint density at radius 3 is 2.29 bits per heavy atom. The Bertz CT molecular complexity index is 1250. The van der Waals surface area contributed by atoms with Crippen molar-refractivity contribution in [3.8, 4) is 5.75 Å². The van der Waals surface area contributed by atoms with Gasteiger partial charge in [-0.1, -0.05) is 41.9 Å². The third-order valence-electron chi connectivity index (χ3n) is 5.33. The average molecular weight is 478 g/mol. The molecule has 1 aliphatic rings. The molecule has 3 aromatic rings. The van der Waals surface area contributed by atoms with E-state index in [2.05, 4.69) is 5.43 Å². The molecule has 1 aliphatic heterocycles. The van der Waals surface area contributed by atoms with Crippen molar-refractivity contribution in [3.05, 3.63) is 95.0 Å². The maximum absolute atomic E-state index is 13.4. The van der Waals surface area contributed by atoms with Gasteiger partial charge in [-0.3, -0.25) is 24.6 Å². The van der Waals surface area contributed by atoms with Gasteiger partial charge < -0.3 is 4.74 Å². The van der Waals surface area contributed by atoms with Crippen molar-refractivity contribution >= 4 is 40.9 Å². The first-order valence-corrected chi connectivity index (χ1v) is 10.7. The molecule has 1 unspecified atom stereocenters. The number of anilines is 1. The molecule has 0 bridgehead atoms. The van der Waals surface area contributed by atoms with Crippen LogP contribution < -0.4 is 15.1 Å². The Hall–Kier alpha value is -4.17. The molecule has 0 saturated carbocycles. The molecule has 172 valence electrons. The summed E-state index contributed by atoms with van der Waals surface area (Å²) < 4.78 is 5.24. The lowest BCUT2D eigenvalue weighted by atomic mass is 10.1. The van der Waals surface area contributed by atoms with Crippen LogP contribution in [-0.2, 0) is 9.59 Å². The molecule has 1 N–H and O–H groups in total. The van der Waals surface area contributed by atoms with Gasteiger partial charge in [0.25, 0.3) is 17.7 Å². The van der Waals surface area contributed by atoms with Crippen molar-refractivity contribution in [1.82, 2.24) is 10.4 Å². The Kier molecular flexibility index (Phi) is 6.60. The van der Waals surface area contributed by atoms with Crippen molar-refractivity contribution in [3.63, 3.8) is 0 Å². The molecular formula is C25H20ClN3O5. The third kappa shape index (κ3) is 4.49. The number of methoxy groups -OCH3 is 1. The summed E-state index contributed by atoms with van der Waals surface area (Å²) in [5.74, 6) is -2.14. The van der Waals surface area contributed by atoms with E-state index in [1.807, 2.05) is 0 Å². The first-order chi connectivity index (χ1) is 16.4. The van der Waals surface area contributed by atoms with Crippen LogP contribution in [0.2, 0.25) is 5.02 Å². The lowest BCUT2D eigenvalue weighted by molar-refractivity contribution is -0.122. The van der Waals surface area contributed by atoms with Crippen LogP contribution in [0.25, 0.3) is 0 Å². The van der Waals surface area contributed by atoms with E-state index in [1.165, 1.54) is 25.3 Å². The van der Waals surface area contributed by atoms with E-state index in [-0.39, 0.29) is 17.5 Å². The Balaban J connectivity index is 1.69. The van der Waals surface area contributed by atoms with Crippen molar-refractivity contribution in [2.75, 3.05) is 12.0 Å². The maximum atomic E-state index is 13.4. The zero-order valence-electron chi connectivity index (χ0n) is 18.1. The summed E-state index contributed by atoms with van der Waals surface area (Å²) in [7, 11) is 1.42. The van der Waals surface area contributed by atoms with E-state index in [1.54, 1.807) is 60.7 Å². The molecule has 0 radical (unpaired) electrons. The molecule has 0 aromatic heterocycles. The maximum Gasteiger partial charge on any atom is 0.273 e. The van der Waals surface area contributed by atoms with Gasteiger partial charge in [0.15, 0.2) is 0 Å². The topological polar surface area (TPSA) is 96.0 Å². The van der Waals surface area contributed by atoms with E-state index >= 15 is 0 Å². The van der Waals surface area contributed by atoms with E-state index in [4.69, 9.17) is 16.3 Å². The van der Waals surface area contributed by atoms with Crippen LogP contribution in [0.15, 0.2) is 78.9 Å². The number of hydrogen-bond donors (Lipinski definition) is 1. The molecule has 1 fully saturated rings. The number of imide groups is 1. The number of para-hydroxylation sites is 1. The van der Waals surface area contributed by atoms with Crippen LogP contribution in [0.1, 0.15) is 27.1 Å². The van der Waals surface area contributed by atoms with Gasteiger partial charge in [-0.05, 0) is 48.5 Å². The average Bonchev–Trinajstić information content (AvgIpc) is 3.16. The summed E-state index contributed by atoms with van der Waals surface area (Å²) in [4.78, 5) is 53.6. The third-order valence-corrected chi connectivity index (χ3v) is 5.58. The molecule has 34 heavy (non-hydrogen) atoms. The fourth-order valence-electron chi connectivity index (χ4n) is 3.67.